The largest absolute Gasteiger partial charge is 0.481 e. The van der Waals surface area contributed by atoms with Gasteiger partial charge in [0.1, 0.15) is 0 Å². The minimum atomic E-state index is -0.726. The van der Waals surface area contributed by atoms with Gasteiger partial charge in [-0.2, -0.15) is 0 Å². The SMILES string of the molecule is CC(Cc1ccc2c(c1)N(C(C)C)CC2)C(=O)O. The van der Waals surface area contributed by atoms with Gasteiger partial charge in [-0.3, -0.25) is 4.79 Å². The van der Waals surface area contributed by atoms with Gasteiger partial charge in [-0.15, -0.1) is 0 Å². The first kappa shape index (κ1) is 12.9. The van der Waals surface area contributed by atoms with Gasteiger partial charge < -0.3 is 10.0 Å². The van der Waals surface area contributed by atoms with Crippen molar-refractivity contribution in [3.05, 3.63) is 29.3 Å². The molecule has 2 rings (SSSR count). The minimum absolute atomic E-state index is 0.322. The van der Waals surface area contributed by atoms with Crippen LogP contribution < -0.4 is 4.90 Å². The zero-order valence-electron chi connectivity index (χ0n) is 11.3. The van der Waals surface area contributed by atoms with Crippen LogP contribution in [0.2, 0.25) is 0 Å². The molecule has 1 aliphatic heterocycles. The summed E-state index contributed by atoms with van der Waals surface area (Å²) < 4.78 is 0. The van der Waals surface area contributed by atoms with E-state index in [1.165, 1.54) is 11.3 Å². The number of anilines is 1. The summed E-state index contributed by atoms with van der Waals surface area (Å²) in [6, 6.07) is 6.89. The van der Waals surface area contributed by atoms with Gasteiger partial charge in [0.2, 0.25) is 0 Å². The predicted octanol–water partition coefficient (Wildman–Crippen LogP) is 2.72. The molecule has 0 saturated heterocycles. The third kappa shape index (κ3) is 2.50. The normalized spacial score (nSPS) is 15.9. The fraction of sp³-hybridized carbons (Fsp3) is 0.533. The van der Waals surface area contributed by atoms with E-state index in [0.717, 1.165) is 18.5 Å². The molecule has 0 radical (unpaired) electrons. The molecule has 0 amide bonds. The van der Waals surface area contributed by atoms with Crippen LogP contribution in [0.5, 0.6) is 0 Å². The number of carbonyl (C=O) groups is 1. The second-order valence-corrected chi connectivity index (χ2v) is 5.44. The van der Waals surface area contributed by atoms with E-state index in [9.17, 15) is 4.79 Å². The van der Waals surface area contributed by atoms with Crippen molar-refractivity contribution in [2.24, 2.45) is 5.92 Å². The molecular weight excluding hydrogens is 226 g/mol. The highest BCUT2D eigenvalue weighted by atomic mass is 16.4. The summed E-state index contributed by atoms with van der Waals surface area (Å²) in [6.45, 7) is 7.23. The predicted molar refractivity (Wildman–Crippen MR) is 73.1 cm³/mol. The Morgan fingerprint density at radius 1 is 1.39 bits per heavy atom. The number of hydrogen-bond acceptors (Lipinski definition) is 2. The highest BCUT2D eigenvalue weighted by Gasteiger charge is 2.22. The van der Waals surface area contributed by atoms with Crippen molar-refractivity contribution in [1.82, 2.24) is 0 Å². The molecule has 1 N–H and O–H groups in total. The first-order chi connectivity index (χ1) is 8.49. The summed E-state index contributed by atoms with van der Waals surface area (Å²) in [6.07, 6.45) is 1.71. The Bertz CT molecular complexity index is 454. The van der Waals surface area contributed by atoms with E-state index in [-0.39, 0.29) is 5.92 Å². The molecule has 0 aromatic heterocycles. The molecule has 1 atom stereocenters. The maximum Gasteiger partial charge on any atom is 0.306 e. The molecule has 0 aliphatic carbocycles. The van der Waals surface area contributed by atoms with Crippen LogP contribution >= 0.6 is 0 Å². The lowest BCUT2D eigenvalue weighted by Gasteiger charge is -2.24. The van der Waals surface area contributed by atoms with Gasteiger partial charge in [-0.1, -0.05) is 19.1 Å². The van der Waals surface area contributed by atoms with Gasteiger partial charge in [0.15, 0.2) is 0 Å². The number of carboxylic acids is 1. The summed E-state index contributed by atoms with van der Waals surface area (Å²) in [5.74, 6) is -1.05. The maximum absolute atomic E-state index is 10.9. The van der Waals surface area contributed by atoms with Gasteiger partial charge in [-0.05, 0) is 43.9 Å². The molecular formula is C15H21NO2. The molecule has 1 aliphatic rings. The monoisotopic (exact) mass is 247 g/mol. The Morgan fingerprint density at radius 3 is 2.72 bits per heavy atom. The first-order valence-corrected chi connectivity index (χ1v) is 6.60. The minimum Gasteiger partial charge on any atom is -0.481 e. The van der Waals surface area contributed by atoms with Gasteiger partial charge >= 0.3 is 5.97 Å². The molecule has 18 heavy (non-hydrogen) atoms. The number of rotatable bonds is 4. The fourth-order valence-corrected chi connectivity index (χ4v) is 2.55. The molecule has 1 aromatic rings. The Morgan fingerprint density at radius 2 is 2.11 bits per heavy atom. The third-order valence-corrected chi connectivity index (χ3v) is 3.67. The molecule has 1 heterocycles. The molecule has 1 unspecified atom stereocenters. The van der Waals surface area contributed by atoms with Crippen LogP contribution in [0.1, 0.15) is 31.9 Å². The average molecular weight is 247 g/mol. The molecule has 3 nitrogen and oxygen atoms in total. The lowest BCUT2D eigenvalue weighted by Crippen LogP contribution is -2.28. The zero-order valence-corrected chi connectivity index (χ0v) is 11.3. The summed E-state index contributed by atoms with van der Waals surface area (Å²) in [4.78, 5) is 13.3. The number of aliphatic carboxylic acids is 1. The Balaban J connectivity index is 2.21. The smallest absolute Gasteiger partial charge is 0.306 e. The van der Waals surface area contributed by atoms with Gasteiger partial charge in [0, 0.05) is 18.3 Å². The highest BCUT2D eigenvalue weighted by Crippen LogP contribution is 2.31. The van der Waals surface area contributed by atoms with Gasteiger partial charge in [0.05, 0.1) is 5.92 Å². The van der Waals surface area contributed by atoms with E-state index in [4.69, 9.17) is 5.11 Å². The van der Waals surface area contributed by atoms with Crippen molar-refractivity contribution in [2.45, 2.75) is 39.7 Å². The Hall–Kier alpha value is -1.51. The number of hydrogen-bond donors (Lipinski definition) is 1. The maximum atomic E-state index is 10.9. The van der Waals surface area contributed by atoms with E-state index in [0.29, 0.717) is 12.5 Å². The number of nitrogens with zero attached hydrogens (tertiary/aromatic N) is 1. The second-order valence-electron chi connectivity index (χ2n) is 5.44. The van der Waals surface area contributed by atoms with Crippen LogP contribution in [0.3, 0.4) is 0 Å². The lowest BCUT2D eigenvalue weighted by atomic mass is 9.99. The van der Waals surface area contributed by atoms with Crippen LogP contribution in [0.4, 0.5) is 5.69 Å². The highest BCUT2D eigenvalue weighted by molar-refractivity contribution is 5.70. The Kier molecular flexibility index (Phi) is 3.60. The third-order valence-electron chi connectivity index (χ3n) is 3.67. The van der Waals surface area contributed by atoms with E-state index < -0.39 is 5.97 Å². The standard InChI is InChI=1S/C15H21NO2/c1-10(2)16-7-6-13-5-4-12(9-14(13)16)8-11(3)15(17)18/h4-5,9-11H,6-8H2,1-3H3,(H,17,18). The average Bonchev–Trinajstić information content (AvgIpc) is 2.71. The second kappa shape index (κ2) is 5.01. The van der Waals surface area contributed by atoms with Crippen molar-refractivity contribution in [1.29, 1.82) is 0 Å². The van der Waals surface area contributed by atoms with Crippen molar-refractivity contribution in [3.8, 4) is 0 Å². The summed E-state index contributed by atoms with van der Waals surface area (Å²) in [5.41, 5.74) is 3.80. The van der Waals surface area contributed by atoms with E-state index in [1.54, 1.807) is 6.92 Å². The fourth-order valence-electron chi connectivity index (χ4n) is 2.55. The Labute approximate surface area is 108 Å². The topological polar surface area (TPSA) is 40.5 Å². The quantitative estimate of drug-likeness (QED) is 0.889. The van der Waals surface area contributed by atoms with E-state index in [1.807, 2.05) is 0 Å². The van der Waals surface area contributed by atoms with Crippen molar-refractivity contribution >= 4 is 11.7 Å². The van der Waals surface area contributed by atoms with Crippen LogP contribution in [0.15, 0.2) is 18.2 Å². The van der Waals surface area contributed by atoms with Crippen LogP contribution in [0, 0.1) is 5.92 Å². The molecule has 1 aromatic carbocycles. The van der Waals surface area contributed by atoms with Crippen LogP contribution in [-0.4, -0.2) is 23.7 Å². The number of fused-ring (bicyclic) bond motifs is 1. The van der Waals surface area contributed by atoms with Crippen molar-refractivity contribution < 1.29 is 9.90 Å². The zero-order chi connectivity index (χ0) is 13.3. The van der Waals surface area contributed by atoms with Crippen molar-refractivity contribution in [3.63, 3.8) is 0 Å². The lowest BCUT2D eigenvalue weighted by molar-refractivity contribution is -0.141. The number of carboxylic acid groups (broad SMARTS) is 1. The first-order valence-electron chi connectivity index (χ1n) is 6.60. The van der Waals surface area contributed by atoms with Crippen LogP contribution in [-0.2, 0) is 17.6 Å². The summed E-state index contributed by atoms with van der Waals surface area (Å²) in [7, 11) is 0. The molecule has 3 heteroatoms. The molecule has 0 bridgehead atoms. The van der Waals surface area contributed by atoms with Gasteiger partial charge in [-0.25, -0.2) is 0 Å². The molecule has 0 spiro atoms. The summed E-state index contributed by atoms with van der Waals surface area (Å²) >= 11 is 0. The summed E-state index contributed by atoms with van der Waals surface area (Å²) in [5, 5.41) is 8.97. The van der Waals surface area contributed by atoms with Gasteiger partial charge in [0.25, 0.3) is 0 Å². The number of benzene rings is 1. The molecule has 0 fully saturated rings. The van der Waals surface area contributed by atoms with Crippen molar-refractivity contribution in [2.75, 3.05) is 11.4 Å². The molecule has 0 saturated carbocycles. The van der Waals surface area contributed by atoms with E-state index >= 15 is 0 Å². The van der Waals surface area contributed by atoms with E-state index in [2.05, 4.69) is 36.9 Å². The van der Waals surface area contributed by atoms with Crippen LogP contribution in [0.25, 0.3) is 0 Å². The molecule has 98 valence electrons.